The van der Waals surface area contributed by atoms with Crippen LogP contribution in [-0.2, 0) is 16.1 Å². The number of fused-ring (bicyclic) bond motifs is 5. The van der Waals surface area contributed by atoms with Crippen molar-refractivity contribution in [2.75, 3.05) is 4.90 Å². The number of hydrogen-bond acceptors (Lipinski definition) is 2. The summed E-state index contributed by atoms with van der Waals surface area (Å²) < 4.78 is 3.35. The molecular weight excluding hydrogens is 416 g/mol. The number of aryl methyl sites for hydroxylation is 1. The van der Waals surface area contributed by atoms with E-state index in [-0.39, 0.29) is 23.7 Å². The van der Waals surface area contributed by atoms with Gasteiger partial charge in [-0.25, -0.2) is 4.90 Å². The summed E-state index contributed by atoms with van der Waals surface area (Å²) in [6.45, 7) is 1.00. The van der Waals surface area contributed by atoms with Gasteiger partial charge in [-0.15, -0.1) is 0 Å². The number of nitrogens with zero attached hydrogens (tertiary/aromatic N) is 2. The highest BCUT2D eigenvalue weighted by atomic mass is 79.9. The molecule has 0 bridgehead atoms. The van der Waals surface area contributed by atoms with Gasteiger partial charge in [-0.1, -0.05) is 34.1 Å². The first-order valence-electron chi connectivity index (χ1n) is 9.89. The van der Waals surface area contributed by atoms with Gasteiger partial charge in [0.1, 0.15) is 0 Å². The molecule has 140 valence electrons. The molecule has 1 aliphatic carbocycles. The fourth-order valence-electron chi connectivity index (χ4n) is 5.66. The predicted octanol–water partition coefficient (Wildman–Crippen LogP) is 4.96. The topological polar surface area (TPSA) is 42.3 Å². The second kappa shape index (κ2) is 5.80. The first kappa shape index (κ1) is 16.5. The number of hydrogen-bond donors (Lipinski definition) is 0. The standard InChI is InChI=1S/C23H19BrN2O2/c24-14-7-9-15(10-8-14)26-22(27)17-12-13-4-3-11-25-18-6-2-1-5-16(18)19(21(13)25)20(17)23(26)28/h1-2,5-10,13,17,20H,3-4,11-12H2. The molecule has 1 aromatic heterocycles. The number of halogens is 1. The van der Waals surface area contributed by atoms with Crippen molar-refractivity contribution < 1.29 is 9.59 Å². The Morgan fingerprint density at radius 2 is 1.75 bits per heavy atom. The number of rotatable bonds is 1. The van der Waals surface area contributed by atoms with Gasteiger partial charge in [-0.05, 0) is 55.2 Å². The van der Waals surface area contributed by atoms with Gasteiger partial charge in [0.2, 0.25) is 11.8 Å². The number of para-hydroxylation sites is 1. The van der Waals surface area contributed by atoms with E-state index in [4.69, 9.17) is 0 Å². The van der Waals surface area contributed by atoms with E-state index >= 15 is 0 Å². The van der Waals surface area contributed by atoms with Crippen LogP contribution in [0, 0.1) is 5.92 Å². The maximum atomic E-state index is 13.5. The number of carbonyl (C=O) groups excluding carboxylic acids is 2. The molecule has 3 atom stereocenters. The second-order valence-electron chi connectivity index (χ2n) is 8.12. The first-order chi connectivity index (χ1) is 13.6. The number of benzene rings is 2. The van der Waals surface area contributed by atoms with Crippen molar-refractivity contribution in [3.05, 3.63) is 64.3 Å². The summed E-state index contributed by atoms with van der Waals surface area (Å²) in [5.74, 6) is -0.331. The van der Waals surface area contributed by atoms with E-state index in [1.54, 1.807) is 0 Å². The van der Waals surface area contributed by atoms with Gasteiger partial charge >= 0.3 is 0 Å². The summed E-state index contributed by atoms with van der Waals surface area (Å²) >= 11 is 3.43. The Bertz CT molecular complexity index is 1150. The Morgan fingerprint density at radius 1 is 0.964 bits per heavy atom. The smallest absolute Gasteiger partial charge is 0.242 e. The lowest BCUT2D eigenvalue weighted by molar-refractivity contribution is -0.122. The Hall–Kier alpha value is -2.40. The molecule has 3 heterocycles. The van der Waals surface area contributed by atoms with Crippen molar-refractivity contribution in [3.8, 4) is 0 Å². The lowest BCUT2D eigenvalue weighted by Gasteiger charge is -2.34. The van der Waals surface area contributed by atoms with Crippen molar-refractivity contribution in [2.24, 2.45) is 5.92 Å². The zero-order valence-corrected chi connectivity index (χ0v) is 16.9. The van der Waals surface area contributed by atoms with Gasteiger partial charge in [0.15, 0.2) is 0 Å². The minimum Gasteiger partial charge on any atom is -0.344 e. The summed E-state index contributed by atoms with van der Waals surface area (Å²) in [4.78, 5) is 28.3. The van der Waals surface area contributed by atoms with Gasteiger partial charge in [-0.3, -0.25) is 9.59 Å². The quantitative estimate of drug-likeness (QED) is 0.508. The summed E-state index contributed by atoms with van der Waals surface area (Å²) in [6, 6.07) is 15.8. The third kappa shape index (κ3) is 2.05. The van der Waals surface area contributed by atoms with E-state index in [1.165, 1.54) is 16.1 Å². The van der Waals surface area contributed by atoms with Crippen LogP contribution in [0.2, 0.25) is 0 Å². The molecule has 5 heteroatoms. The third-order valence-electron chi connectivity index (χ3n) is 6.73. The highest BCUT2D eigenvalue weighted by Gasteiger charge is 2.54. The van der Waals surface area contributed by atoms with Gasteiger partial charge in [0.25, 0.3) is 0 Å². The molecule has 0 radical (unpaired) electrons. The van der Waals surface area contributed by atoms with E-state index in [2.05, 4.69) is 38.7 Å². The molecule has 3 aliphatic rings. The van der Waals surface area contributed by atoms with Crippen molar-refractivity contribution in [1.29, 1.82) is 0 Å². The lowest BCUT2D eigenvalue weighted by atomic mass is 9.71. The number of amides is 2. The molecule has 3 unspecified atom stereocenters. The second-order valence-corrected chi connectivity index (χ2v) is 9.03. The normalized spacial score (nSPS) is 25.9. The number of imide groups is 1. The molecule has 2 amide bonds. The van der Waals surface area contributed by atoms with Crippen LogP contribution >= 0.6 is 15.9 Å². The molecule has 2 aromatic carbocycles. The van der Waals surface area contributed by atoms with Crippen LogP contribution in [0.3, 0.4) is 0 Å². The molecule has 0 spiro atoms. The van der Waals surface area contributed by atoms with Crippen LogP contribution in [-0.4, -0.2) is 16.4 Å². The first-order valence-corrected chi connectivity index (χ1v) is 10.7. The molecule has 4 nitrogen and oxygen atoms in total. The Balaban J connectivity index is 1.56. The van der Waals surface area contributed by atoms with Crippen LogP contribution in [0.4, 0.5) is 5.69 Å². The average molecular weight is 435 g/mol. The molecular formula is C23H19BrN2O2. The van der Waals surface area contributed by atoms with Gasteiger partial charge in [-0.2, -0.15) is 0 Å². The minimum atomic E-state index is -0.355. The highest BCUT2D eigenvalue weighted by Crippen LogP contribution is 2.54. The zero-order valence-electron chi connectivity index (χ0n) is 15.3. The van der Waals surface area contributed by atoms with E-state index < -0.39 is 0 Å². The summed E-state index contributed by atoms with van der Waals surface area (Å²) in [5, 5.41) is 1.15. The van der Waals surface area contributed by atoms with Crippen molar-refractivity contribution in [3.63, 3.8) is 0 Å². The Kier molecular flexibility index (Phi) is 3.43. The SMILES string of the molecule is O=C1C2CC3CCCn4c3c(c3ccccc34)C2C(=O)N1c1ccc(Br)cc1. The van der Waals surface area contributed by atoms with E-state index in [1.807, 2.05) is 30.3 Å². The molecule has 28 heavy (non-hydrogen) atoms. The Morgan fingerprint density at radius 3 is 2.57 bits per heavy atom. The third-order valence-corrected chi connectivity index (χ3v) is 7.26. The van der Waals surface area contributed by atoms with Crippen LogP contribution in [0.1, 0.15) is 42.4 Å². The largest absolute Gasteiger partial charge is 0.344 e. The molecule has 2 aliphatic heterocycles. The molecule has 1 saturated heterocycles. The van der Waals surface area contributed by atoms with Crippen LogP contribution in [0.15, 0.2) is 53.0 Å². The van der Waals surface area contributed by atoms with E-state index in [9.17, 15) is 9.59 Å². The number of anilines is 1. The zero-order chi connectivity index (χ0) is 19.0. The molecule has 0 saturated carbocycles. The fraction of sp³-hybridized carbons (Fsp3) is 0.304. The van der Waals surface area contributed by atoms with Crippen molar-refractivity contribution >= 4 is 44.3 Å². The van der Waals surface area contributed by atoms with E-state index in [0.717, 1.165) is 41.2 Å². The summed E-state index contributed by atoms with van der Waals surface area (Å²) in [6.07, 6.45) is 3.02. The number of carbonyl (C=O) groups is 2. The monoisotopic (exact) mass is 434 g/mol. The molecule has 3 aromatic rings. The van der Waals surface area contributed by atoms with Crippen LogP contribution in [0.25, 0.3) is 10.9 Å². The average Bonchev–Trinajstić information content (AvgIpc) is 3.17. The number of aromatic nitrogens is 1. The highest BCUT2D eigenvalue weighted by molar-refractivity contribution is 9.10. The summed E-state index contributed by atoms with van der Waals surface area (Å²) in [7, 11) is 0. The van der Waals surface area contributed by atoms with Gasteiger partial charge in [0.05, 0.1) is 17.5 Å². The van der Waals surface area contributed by atoms with Crippen LogP contribution in [0.5, 0.6) is 0 Å². The maximum Gasteiger partial charge on any atom is 0.242 e. The molecule has 1 fully saturated rings. The summed E-state index contributed by atoms with van der Waals surface area (Å²) in [5.41, 5.74) is 4.31. The van der Waals surface area contributed by atoms with Gasteiger partial charge < -0.3 is 4.57 Å². The van der Waals surface area contributed by atoms with Crippen LogP contribution < -0.4 is 4.90 Å². The van der Waals surface area contributed by atoms with Crippen molar-refractivity contribution in [2.45, 2.75) is 37.6 Å². The van der Waals surface area contributed by atoms with Gasteiger partial charge in [0, 0.05) is 33.5 Å². The lowest BCUT2D eigenvalue weighted by Crippen LogP contribution is -2.30. The molecule has 6 rings (SSSR count). The molecule has 0 N–H and O–H groups in total. The van der Waals surface area contributed by atoms with Crippen molar-refractivity contribution in [1.82, 2.24) is 4.57 Å². The predicted molar refractivity (Wildman–Crippen MR) is 111 cm³/mol. The minimum absolute atomic E-state index is 0.0367. The van der Waals surface area contributed by atoms with E-state index in [0.29, 0.717) is 11.6 Å². The fourth-order valence-corrected chi connectivity index (χ4v) is 5.93. The maximum absolute atomic E-state index is 13.5. The Labute approximate surface area is 171 Å².